The number of carbonyl (C=O) groups is 4. The molecule has 0 bridgehead atoms. The van der Waals surface area contributed by atoms with Gasteiger partial charge in [0.05, 0.1) is 73.5 Å². The number of rotatable bonds is 0. The molecule has 1 saturated heterocycles. The molecule has 5 fully saturated rings. The van der Waals surface area contributed by atoms with Crippen LogP contribution >= 0.6 is 0 Å². The molecule has 13 aliphatic rings. The van der Waals surface area contributed by atoms with Crippen LogP contribution in [0.1, 0.15) is 246 Å². The van der Waals surface area contributed by atoms with Crippen molar-refractivity contribution in [3.8, 4) is 0 Å². The lowest BCUT2D eigenvalue weighted by Gasteiger charge is -2.54. The van der Waals surface area contributed by atoms with Gasteiger partial charge in [0.1, 0.15) is 17.3 Å². The van der Waals surface area contributed by atoms with E-state index in [4.69, 9.17) is 38.8 Å². The fourth-order valence-electron chi connectivity index (χ4n) is 25.1. The normalized spacial score (nSPS) is 33.2. The summed E-state index contributed by atoms with van der Waals surface area (Å²) in [5.41, 5.74) is 14.6. The third-order valence-electron chi connectivity index (χ3n) is 31.1. The second kappa shape index (κ2) is 29.0. The van der Waals surface area contributed by atoms with Crippen molar-refractivity contribution >= 4 is 23.1 Å². The molecule has 5 N–H and O–H groups in total. The maximum Gasteiger partial charge on any atom is 0.226 e. The number of Topliss-reactive ketones (excluding diaryl/α,β-unsaturated/α-hetero) is 4. The number of allylic oxidation sites excluding steroid dienone is 6. The summed E-state index contributed by atoms with van der Waals surface area (Å²) in [6.07, 6.45) is 26.9. The molecule has 6 aromatic rings. The van der Waals surface area contributed by atoms with Crippen molar-refractivity contribution in [2.45, 2.75) is 254 Å². The molecule has 7 heterocycles. The number of hydroxylamine groups is 1. The number of fused-ring (bicyclic) bond motifs is 17. The van der Waals surface area contributed by atoms with Gasteiger partial charge in [0.25, 0.3) is 0 Å². The highest BCUT2D eigenvalue weighted by molar-refractivity contribution is 6.03. The number of ether oxygens (including phenoxy) is 2. The summed E-state index contributed by atoms with van der Waals surface area (Å²) in [6, 6.07) is 0. The highest BCUT2D eigenvalue weighted by Crippen LogP contribution is 2.66. The minimum atomic E-state index is -0.553. The lowest BCUT2D eigenvalue weighted by atomic mass is 9.55. The van der Waals surface area contributed by atoms with Crippen LogP contribution in [0.2, 0.25) is 0 Å². The van der Waals surface area contributed by atoms with E-state index in [1.165, 1.54) is 59.2 Å². The van der Waals surface area contributed by atoms with Crippen molar-refractivity contribution in [3.63, 3.8) is 0 Å². The molecule has 12 atom stereocenters. The lowest BCUT2D eigenvalue weighted by Crippen LogP contribution is -2.58. The molecule has 0 unspecified atom stereocenters. The number of aliphatic hydroxyl groups excluding tert-OH is 3. The van der Waals surface area contributed by atoms with Gasteiger partial charge in [0.2, 0.25) is 11.4 Å². The van der Waals surface area contributed by atoms with Crippen molar-refractivity contribution in [1.29, 1.82) is 0 Å². The van der Waals surface area contributed by atoms with Crippen molar-refractivity contribution in [3.05, 3.63) is 175 Å². The maximum absolute atomic E-state index is 12.5. The monoisotopic (exact) mass is 1590 g/mol. The summed E-state index contributed by atoms with van der Waals surface area (Å²) in [4.78, 5) is 56.4. The largest absolute Gasteiger partial charge is 0.523 e. The first-order valence-electron chi connectivity index (χ1n) is 41.9. The number of aryl methyl sites for hydroxylation is 5. The number of aliphatic hydroxyl groups is 3. The predicted octanol–water partition coefficient (Wildman–Crippen LogP) is 15.0. The average Bonchev–Trinajstić information content (AvgIpc) is 1.62. The Morgan fingerprint density at radius 2 is 0.905 bits per heavy atom. The Morgan fingerprint density at radius 1 is 0.491 bits per heavy atom. The van der Waals surface area contributed by atoms with Crippen LogP contribution < -0.4 is 5.48 Å². The SMILES string of the molecule is CC1(C)[C@@H]2C/C(=C/O)C(=O)[C@@]2(C)CCC12OCCO2.CNO.Cn1cc2c(n1)[C@@]1(C)C/C(=C/O)C(=O)C(C)(C)[C@@H]1C2.Cn1cc2c(n1)[C@@]1(C)CCC(=O)C(C)(C)[C@@H]1C2.Cn1cc2c(n1)[C@@]1(C)Cc3cnoc3C(C)(C)[C@@H]1C2.[3H]C.[C-]#[N+]C1=C(O)C(C)(C)[C@@H]2Cc3cn(C)nc3[C@@]2(C)C1.[C-]#[N+]C1=C[C@]2(C)c3nn(C)cc3C[C@H]2C(C)(C)C1=O. The van der Waals surface area contributed by atoms with E-state index in [1.807, 2.05) is 126 Å². The van der Waals surface area contributed by atoms with E-state index in [1.54, 1.807) is 5.48 Å². The Morgan fingerprint density at radius 3 is 1.38 bits per heavy atom. The van der Waals surface area contributed by atoms with Crippen LogP contribution in [-0.4, -0.2) is 124 Å². The molecule has 25 heteroatoms. The third-order valence-corrected chi connectivity index (χ3v) is 31.1. The fourth-order valence-corrected chi connectivity index (χ4v) is 25.1. The lowest BCUT2D eigenvalue weighted by molar-refractivity contribution is -0.276. The van der Waals surface area contributed by atoms with Gasteiger partial charge in [-0.3, -0.25) is 37.8 Å². The molecule has 0 radical (unpaired) electrons. The van der Waals surface area contributed by atoms with Crippen LogP contribution in [0.5, 0.6) is 0 Å². The number of aromatic nitrogens is 11. The summed E-state index contributed by atoms with van der Waals surface area (Å²) < 4.78 is 32.6. The van der Waals surface area contributed by atoms with Crippen molar-refractivity contribution < 1.29 is 55.1 Å². The molecule has 1 aliphatic heterocycles. The Labute approximate surface area is 686 Å². The zero-order valence-corrected chi connectivity index (χ0v) is 73.2. The van der Waals surface area contributed by atoms with E-state index in [2.05, 4.69) is 136 Å². The summed E-state index contributed by atoms with van der Waals surface area (Å²) in [5, 5.41) is 63.5. The summed E-state index contributed by atoms with van der Waals surface area (Å²) in [5.74, 6) is 3.25. The van der Waals surface area contributed by atoms with Crippen LogP contribution in [0.15, 0.2) is 88.6 Å². The third kappa shape index (κ3) is 12.8. The van der Waals surface area contributed by atoms with E-state index in [9.17, 15) is 34.5 Å². The van der Waals surface area contributed by atoms with Gasteiger partial charge in [0, 0.05) is 169 Å². The minimum Gasteiger partial charge on any atom is -0.523 e. The summed E-state index contributed by atoms with van der Waals surface area (Å²) in [7, 11) is 12.5. The number of carbonyl (C=O) groups excluding carboxylic acids is 4. The van der Waals surface area contributed by atoms with E-state index >= 15 is 0 Å². The second-order valence-corrected chi connectivity index (χ2v) is 40.3. The number of nitrogens with zero attached hydrogens (tertiary/aromatic N) is 13. The smallest absolute Gasteiger partial charge is 0.226 e. The number of hydrogen-bond acceptors (Lipinski definition) is 18. The second-order valence-electron chi connectivity index (χ2n) is 40.3. The first-order valence-corrected chi connectivity index (χ1v) is 40.9. The highest BCUT2D eigenvalue weighted by Gasteiger charge is 2.68. The minimum absolute atomic E-state index is 0.0190. The summed E-state index contributed by atoms with van der Waals surface area (Å²) in [6.45, 7) is 54.0. The molecule has 1 spiro atoms. The van der Waals surface area contributed by atoms with E-state index in [0.29, 0.717) is 79.3 Å². The van der Waals surface area contributed by atoms with E-state index in [0.717, 1.165) is 93.2 Å². The average molecular weight is 1590 g/mol. The molecule has 116 heavy (non-hydrogen) atoms. The Hall–Kier alpha value is -8.88. The van der Waals surface area contributed by atoms with Crippen LogP contribution in [0.4, 0.5) is 0 Å². The zero-order valence-electron chi connectivity index (χ0n) is 74.2. The Bertz CT molecular complexity index is 5160. The number of hydrogen-bond donors (Lipinski definition) is 5. The van der Waals surface area contributed by atoms with E-state index in [-0.39, 0.29) is 95.3 Å². The van der Waals surface area contributed by atoms with Gasteiger partial charge in [0.15, 0.2) is 23.1 Å². The number of nitrogens with one attached hydrogen (secondary N) is 1. The van der Waals surface area contributed by atoms with Crippen LogP contribution in [0, 0.1) is 81.1 Å². The van der Waals surface area contributed by atoms with Crippen molar-refractivity contribution in [2.75, 3.05) is 20.3 Å². The maximum atomic E-state index is 12.5. The fraction of sp³-hybridized carbons (Fsp3) is 0.648. The molecule has 6 aromatic heterocycles. The van der Waals surface area contributed by atoms with Crippen molar-refractivity contribution in [1.82, 2.24) is 59.5 Å². The summed E-state index contributed by atoms with van der Waals surface area (Å²) >= 11 is 0. The van der Waals surface area contributed by atoms with Crippen molar-refractivity contribution in [2.24, 2.45) is 103 Å². The molecule has 626 valence electrons. The van der Waals surface area contributed by atoms with Gasteiger partial charge < -0.3 is 39.3 Å². The first kappa shape index (κ1) is 85.0. The first-order chi connectivity index (χ1) is 54.5. The van der Waals surface area contributed by atoms with E-state index < -0.39 is 22.0 Å². The van der Waals surface area contributed by atoms with Crippen LogP contribution in [0.3, 0.4) is 0 Å². The van der Waals surface area contributed by atoms with Gasteiger partial charge in [-0.05, 0) is 134 Å². The van der Waals surface area contributed by atoms with Gasteiger partial charge in [-0.25, -0.2) is 15.2 Å². The topological polar surface area (TPSA) is 304 Å². The van der Waals surface area contributed by atoms with Crippen LogP contribution in [-0.2, 0) is 135 Å². The number of ketones is 4. The molecule has 0 aromatic carbocycles. The molecular formula is C91H126N14O11. The van der Waals surface area contributed by atoms with Crippen LogP contribution in [0.25, 0.3) is 9.69 Å². The molecule has 19 rings (SSSR count). The standard InChI is InChI=1S/2C15H19N3O.C15H17N3O.C15H20N2O2.C15H22O4.C14H20N2O.CH5NO.CH4/c1-14(2)11-5-9-8-18(4)17-12(9)15(11,3)6-10-7-16-19-13(10)14;2*1-14(2)11-6-9-8-18(5)17-12(9)15(11,3)7-10(16-4)13(14)19;1-14(2)11-5-9-7-17(4)16-12(9)15(11,3)6-10(8-18)13(14)19;1-13(2)11-8-10(9-16)12(17)14(11,3)4-5-15(13)18-6-7-19-15;1-13(2)10-7-9-8-16(4)15-12(9)14(10,3)6-5-11(13)17;1-2-3;/h7-8,11H,5-6H2,1-4H3;8,11,19H,6-7H2,1-3,5H3;7-8,11H,6H2,1-3,5H3;7-8,11,18H,5-6H2,1-4H3;9,11,16H,4-8H2,1-3H3;8,10H,5-7H2,1-4H3;2-3H,1H3;1H4/b;;;10-8-;10-9-;;;/t4*11-,15-;11-,14-;10-,14-;;/m000000../s1/i;;;;;;;1T. The highest BCUT2D eigenvalue weighted by atomic mass is 16.7. The quantitative estimate of drug-likeness (QED) is 0.0408. The van der Waals surface area contributed by atoms with Gasteiger partial charge in [-0.15, -0.1) is 0 Å². The molecule has 25 nitrogen and oxygen atoms in total. The molecular weight excluding hydrogens is 1470 g/mol. The predicted molar refractivity (Wildman–Crippen MR) is 439 cm³/mol. The zero-order chi connectivity index (χ0) is 86.4. The Kier molecular flexibility index (Phi) is 21.2. The molecule has 4 saturated carbocycles. The van der Waals surface area contributed by atoms with Gasteiger partial charge >= 0.3 is 0 Å². The molecule has 0 amide bonds. The van der Waals surface area contributed by atoms with Gasteiger partial charge in [-0.2, -0.15) is 25.5 Å². The van der Waals surface area contributed by atoms with Gasteiger partial charge in [-0.1, -0.05) is 143 Å². The molecule has 12 aliphatic carbocycles. The Balaban J connectivity index is 0.000000128.